The number of benzene rings is 2. The Morgan fingerprint density at radius 2 is 1.89 bits per heavy atom. The second-order valence-electron chi connectivity index (χ2n) is 3.89. The van der Waals surface area contributed by atoms with Crippen LogP contribution in [0.25, 0.3) is 0 Å². The summed E-state index contributed by atoms with van der Waals surface area (Å²) in [6.45, 7) is 0. The number of halogens is 4. The first-order chi connectivity index (χ1) is 9.04. The fraction of sp³-hybridized carbons (Fsp3) is 0.143. The molecule has 5 heteroatoms. The van der Waals surface area contributed by atoms with Crippen molar-refractivity contribution in [2.24, 2.45) is 0 Å². The van der Waals surface area contributed by atoms with Crippen LogP contribution in [0.1, 0.15) is 16.0 Å². The molecule has 0 heterocycles. The molecule has 2 aromatic carbocycles. The highest BCUT2D eigenvalue weighted by Gasteiger charge is 2.19. The Morgan fingerprint density at radius 1 is 1.21 bits per heavy atom. The molecule has 0 fully saturated rings. The summed E-state index contributed by atoms with van der Waals surface area (Å²) in [4.78, 5) is -0.173. The van der Waals surface area contributed by atoms with E-state index in [1.165, 1.54) is 13.2 Å². The van der Waals surface area contributed by atoms with Gasteiger partial charge in [0.05, 0.1) is 16.4 Å². The van der Waals surface area contributed by atoms with E-state index < -0.39 is 0 Å². The molecular weight excluding hydrogens is 398 g/mol. The van der Waals surface area contributed by atoms with Gasteiger partial charge in [-0.2, -0.15) is 0 Å². The normalized spacial score (nSPS) is 12.3. The van der Waals surface area contributed by atoms with E-state index in [0.29, 0.717) is 15.2 Å². The lowest BCUT2D eigenvalue weighted by atomic mass is 10.0. The first-order valence-corrected chi connectivity index (χ1v) is 7.54. The van der Waals surface area contributed by atoms with E-state index in [4.69, 9.17) is 16.3 Å². The lowest BCUT2D eigenvalue weighted by Gasteiger charge is -2.16. The Bertz CT molecular complexity index is 604. The molecule has 0 aliphatic rings. The average molecular weight is 408 g/mol. The van der Waals surface area contributed by atoms with Gasteiger partial charge in [-0.1, -0.05) is 45.7 Å². The molecule has 0 aliphatic carbocycles. The van der Waals surface area contributed by atoms with Crippen molar-refractivity contribution in [3.05, 3.63) is 62.8 Å². The van der Waals surface area contributed by atoms with Gasteiger partial charge in [-0.15, -0.1) is 0 Å². The van der Waals surface area contributed by atoms with Crippen LogP contribution in [0.3, 0.4) is 0 Å². The molecule has 19 heavy (non-hydrogen) atoms. The van der Waals surface area contributed by atoms with Crippen LogP contribution in [0.4, 0.5) is 4.39 Å². The van der Waals surface area contributed by atoms with Crippen molar-refractivity contribution in [3.8, 4) is 5.75 Å². The number of alkyl halides is 1. The van der Waals surface area contributed by atoms with Gasteiger partial charge in [-0.3, -0.25) is 0 Å². The lowest BCUT2D eigenvalue weighted by Crippen LogP contribution is -1.99. The summed E-state index contributed by atoms with van der Waals surface area (Å²) in [5.41, 5.74) is 1.71. The third kappa shape index (κ3) is 3.12. The lowest BCUT2D eigenvalue weighted by molar-refractivity contribution is 0.406. The summed E-state index contributed by atoms with van der Waals surface area (Å²) in [5, 5.41) is 0.645. The van der Waals surface area contributed by atoms with E-state index in [1.54, 1.807) is 6.07 Å². The quantitative estimate of drug-likeness (QED) is 0.589. The SMILES string of the molecule is COc1cc(F)c(Br)cc1C(Br)c1ccccc1Cl. The minimum absolute atomic E-state index is 0.173. The fourth-order valence-electron chi connectivity index (χ4n) is 1.77. The Kier molecular flexibility index (Phi) is 4.87. The number of hydrogen-bond acceptors (Lipinski definition) is 1. The molecule has 1 nitrogen and oxygen atoms in total. The van der Waals surface area contributed by atoms with Crippen LogP contribution in [-0.4, -0.2) is 7.11 Å². The molecule has 0 aliphatic heterocycles. The van der Waals surface area contributed by atoms with Crippen LogP contribution in [0.5, 0.6) is 5.75 Å². The Hall–Kier alpha value is -0.580. The van der Waals surface area contributed by atoms with Crippen LogP contribution in [0.15, 0.2) is 40.9 Å². The maximum absolute atomic E-state index is 13.5. The molecule has 0 amide bonds. The predicted octanol–water partition coefficient (Wildman–Crippen LogP) is 5.73. The number of hydrogen-bond donors (Lipinski definition) is 0. The molecule has 0 saturated heterocycles. The topological polar surface area (TPSA) is 9.23 Å². The standard InChI is InChI=1S/C14H10Br2ClFO/c1-19-13-7-12(18)10(15)6-9(13)14(16)8-4-2-3-5-11(8)17/h2-7,14H,1H3. The molecule has 2 aromatic rings. The van der Waals surface area contributed by atoms with Crippen LogP contribution < -0.4 is 4.74 Å². The molecule has 1 atom stereocenters. The average Bonchev–Trinajstić information content (AvgIpc) is 2.41. The molecule has 0 radical (unpaired) electrons. The second-order valence-corrected chi connectivity index (χ2v) is 6.07. The van der Waals surface area contributed by atoms with Gasteiger partial charge >= 0.3 is 0 Å². The summed E-state index contributed by atoms with van der Waals surface area (Å²) < 4.78 is 19.1. The predicted molar refractivity (Wildman–Crippen MR) is 82.9 cm³/mol. The van der Waals surface area contributed by atoms with Gasteiger partial charge in [-0.05, 0) is 33.6 Å². The Labute approximate surface area is 133 Å². The number of methoxy groups -OCH3 is 1. The van der Waals surface area contributed by atoms with E-state index in [0.717, 1.165) is 11.1 Å². The maximum atomic E-state index is 13.5. The van der Waals surface area contributed by atoms with Crippen molar-refractivity contribution in [1.29, 1.82) is 0 Å². The van der Waals surface area contributed by atoms with Crippen molar-refractivity contribution in [3.63, 3.8) is 0 Å². The van der Waals surface area contributed by atoms with Crippen molar-refractivity contribution in [1.82, 2.24) is 0 Å². The first kappa shape index (κ1) is 14.8. The van der Waals surface area contributed by atoms with Crippen molar-refractivity contribution in [2.45, 2.75) is 4.83 Å². The van der Waals surface area contributed by atoms with Gasteiger partial charge in [0.2, 0.25) is 0 Å². The van der Waals surface area contributed by atoms with Crippen LogP contribution >= 0.6 is 43.5 Å². The highest BCUT2D eigenvalue weighted by Crippen LogP contribution is 2.41. The smallest absolute Gasteiger partial charge is 0.141 e. The summed E-state index contributed by atoms with van der Waals surface area (Å²) in [7, 11) is 1.51. The molecule has 0 saturated carbocycles. The molecule has 0 spiro atoms. The van der Waals surface area contributed by atoms with Gasteiger partial charge < -0.3 is 4.74 Å². The molecule has 0 bridgehead atoms. The van der Waals surface area contributed by atoms with Crippen molar-refractivity contribution >= 4 is 43.5 Å². The zero-order valence-corrected chi connectivity index (χ0v) is 13.9. The highest BCUT2D eigenvalue weighted by molar-refractivity contribution is 9.10. The zero-order valence-electron chi connectivity index (χ0n) is 9.96. The summed E-state index contributed by atoms with van der Waals surface area (Å²) in [5.74, 6) is 0.113. The number of ether oxygens (including phenoxy) is 1. The van der Waals surface area contributed by atoms with Crippen molar-refractivity contribution < 1.29 is 9.13 Å². The van der Waals surface area contributed by atoms with E-state index in [9.17, 15) is 4.39 Å². The zero-order chi connectivity index (χ0) is 14.0. The molecule has 0 N–H and O–H groups in total. The van der Waals surface area contributed by atoms with Crippen molar-refractivity contribution in [2.75, 3.05) is 7.11 Å². The molecular formula is C14H10Br2ClFO. The van der Waals surface area contributed by atoms with Crippen LogP contribution in [-0.2, 0) is 0 Å². The molecule has 2 rings (SSSR count). The van der Waals surface area contributed by atoms with E-state index in [-0.39, 0.29) is 10.6 Å². The Balaban J connectivity index is 2.52. The monoisotopic (exact) mass is 406 g/mol. The first-order valence-electron chi connectivity index (χ1n) is 5.46. The van der Waals surface area contributed by atoms with Gasteiger partial charge in [0.25, 0.3) is 0 Å². The summed E-state index contributed by atoms with van der Waals surface area (Å²) in [6.07, 6.45) is 0. The minimum atomic E-state index is -0.362. The summed E-state index contributed by atoms with van der Waals surface area (Å²) in [6, 6.07) is 10.5. The number of rotatable bonds is 3. The van der Waals surface area contributed by atoms with E-state index >= 15 is 0 Å². The van der Waals surface area contributed by atoms with Gasteiger partial charge in [0, 0.05) is 16.7 Å². The maximum Gasteiger partial charge on any atom is 0.141 e. The fourth-order valence-corrected chi connectivity index (χ4v) is 3.26. The van der Waals surface area contributed by atoms with Crippen LogP contribution in [0.2, 0.25) is 5.02 Å². The van der Waals surface area contributed by atoms with Gasteiger partial charge in [0.1, 0.15) is 11.6 Å². The highest BCUT2D eigenvalue weighted by atomic mass is 79.9. The minimum Gasteiger partial charge on any atom is -0.496 e. The third-order valence-electron chi connectivity index (χ3n) is 2.72. The van der Waals surface area contributed by atoms with Crippen LogP contribution in [0, 0.1) is 5.82 Å². The van der Waals surface area contributed by atoms with E-state index in [1.807, 2.05) is 24.3 Å². The largest absolute Gasteiger partial charge is 0.496 e. The third-order valence-corrected chi connectivity index (χ3v) is 4.66. The molecule has 1 unspecified atom stereocenters. The molecule has 0 aromatic heterocycles. The molecule has 100 valence electrons. The van der Waals surface area contributed by atoms with Gasteiger partial charge in [-0.25, -0.2) is 4.39 Å². The second kappa shape index (κ2) is 6.25. The van der Waals surface area contributed by atoms with E-state index in [2.05, 4.69) is 31.9 Å². The van der Waals surface area contributed by atoms with Gasteiger partial charge in [0.15, 0.2) is 0 Å². The summed E-state index contributed by atoms with van der Waals surface area (Å²) >= 11 is 13.0. The Morgan fingerprint density at radius 3 is 2.53 bits per heavy atom.